The van der Waals surface area contributed by atoms with Gasteiger partial charge in [0.2, 0.25) is 0 Å². The van der Waals surface area contributed by atoms with Crippen LogP contribution < -0.4 is 5.32 Å². The quantitative estimate of drug-likeness (QED) is 0.832. The van der Waals surface area contributed by atoms with Crippen molar-refractivity contribution < 1.29 is 14.7 Å². The zero-order chi connectivity index (χ0) is 14.9. The molecule has 0 saturated heterocycles. The lowest BCUT2D eigenvalue weighted by Crippen LogP contribution is -2.45. The summed E-state index contributed by atoms with van der Waals surface area (Å²) in [5.41, 5.74) is 2.30. The van der Waals surface area contributed by atoms with Crippen molar-refractivity contribution >= 4 is 17.4 Å². The summed E-state index contributed by atoms with van der Waals surface area (Å²) in [6.07, 6.45) is 0.865. The maximum atomic E-state index is 12.2. The van der Waals surface area contributed by atoms with Gasteiger partial charge in [-0.1, -0.05) is 38.5 Å². The normalized spacial score (nSPS) is 21.8. The molecule has 0 spiro atoms. The van der Waals surface area contributed by atoms with Gasteiger partial charge in [0.25, 0.3) is 5.91 Å². The number of hydrogen-bond acceptors (Lipinski definition) is 2. The molecule has 0 saturated carbocycles. The van der Waals surface area contributed by atoms with Crippen molar-refractivity contribution in [2.75, 3.05) is 0 Å². The van der Waals surface area contributed by atoms with Crippen LogP contribution in [0.2, 0.25) is 0 Å². The Morgan fingerprint density at radius 1 is 1.35 bits per heavy atom. The molecule has 0 fully saturated rings. The monoisotopic (exact) mass is 273 g/mol. The zero-order valence-electron chi connectivity index (χ0n) is 11.9. The molecule has 106 valence electrons. The Morgan fingerprint density at radius 2 is 1.95 bits per heavy atom. The first-order chi connectivity index (χ1) is 9.47. The highest BCUT2D eigenvalue weighted by Gasteiger charge is 2.33. The minimum atomic E-state index is -0.945. The Balaban J connectivity index is 2.68. The number of amides is 1. The van der Waals surface area contributed by atoms with Crippen molar-refractivity contribution in [3.05, 3.63) is 41.0 Å². The minimum absolute atomic E-state index is 0.132. The molecule has 1 amide bonds. The van der Waals surface area contributed by atoms with E-state index >= 15 is 0 Å². The van der Waals surface area contributed by atoms with Crippen molar-refractivity contribution in [2.24, 2.45) is 5.92 Å². The third-order valence-corrected chi connectivity index (χ3v) is 4.00. The van der Waals surface area contributed by atoms with E-state index in [1.807, 2.05) is 26.0 Å². The Hall–Kier alpha value is -2.10. The summed E-state index contributed by atoms with van der Waals surface area (Å²) < 4.78 is 0. The number of nitrogens with one attached hydrogen (secondary N) is 1. The molecule has 2 unspecified atom stereocenters. The van der Waals surface area contributed by atoms with Gasteiger partial charge in [0.15, 0.2) is 0 Å². The van der Waals surface area contributed by atoms with E-state index in [1.54, 1.807) is 19.1 Å². The second-order valence-corrected chi connectivity index (χ2v) is 5.23. The van der Waals surface area contributed by atoms with Crippen molar-refractivity contribution in [3.63, 3.8) is 0 Å². The first-order valence-electron chi connectivity index (χ1n) is 6.81. The predicted molar refractivity (Wildman–Crippen MR) is 77.4 cm³/mol. The van der Waals surface area contributed by atoms with Crippen LogP contribution in [0.1, 0.15) is 43.1 Å². The second-order valence-electron chi connectivity index (χ2n) is 5.23. The largest absolute Gasteiger partial charge is 0.478 e. The fourth-order valence-corrected chi connectivity index (χ4v) is 2.59. The summed E-state index contributed by atoms with van der Waals surface area (Å²) in [7, 11) is 0. The summed E-state index contributed by atoms with van der Waals surface area (Å²) in [5.74, 6) is -0.899. The van der Waals surface area contributed by atoms with E-state index in [0.29, 0.717) is 11.1 Å². The summed E-state index contributed by atoms with van der Waals surface area (Å²) in [6, 6.07) is 6.92. The summed E-state index contributed by atoms with van der Waals surface area (Å²) in [4.78, 5) is 23.5. The number of hydrogen-bond donors (Lipinski definition) is 2. The number of carboxylic acids is 1. The molecule has 1 aromatic carbocycles. The van der Waals surface area contributed by atoms with Crippen molar-refractivity contribution in [3.8, 4) is 0 Å². The van der Waals surface area contributed by atoms with Gasteiger partial charge in [0.1, 0.15) is 0 Å². The van der Waals surface area contributed by atoms with Gasteiger partial charge < -0.3 is 10.4 Å². The molecular weight excluding hydrogens is 254 g/mol. The molecule has 4 nitrogen and oxygen atoms in total. The van der Waals surface area contributed by atoms with Crippen LogP contribution in [0.25, 0.3) is 5.57 Å². The molecule has 20 heavy (non-hydrogen) atoms. The van der Waals surface area contributed by atoms with Gasteiger partial charge >= 0.3 is 5.97 Å². The first kappa shape index (κ1) is 14.3. The van der Waals surface area contributed by atoms with Gasteiger partial charge in [0, 0.05) is 11.1 Å². The van der Waals surface area contributed by atoms with E-state index < -0.39 is 5.97 Å². The standard InChI is InChI=1S/C16H19NO3/c1-4-9(2)14-13(10(3)16(19)20)11-7-5-6-8-12(11)15(18)17-14/h5-9,14H,4H2,1-3H3,(H,17,18)(H,19,20)/b13-10-. The molecule has 1 aromatic rings. The summed E-state index contributed by atoms with van der Waals surface area (Å²) >= 11 is 0. The van der Waals surface area contributed by atoms with E-state index in [1.165, 1.54) is 0 Å². The molecule has 2 N–H and O–H groups in total. The maximum Gasteiger partial charge on any atom is 0.331 e. The highest BCUT2D eigenvalue weighted by Crippen LogP contribution is 2.34. The van der Waals surface area contributed by atoms with Crippen LogP contribution in [0.4, 0.5) is 0 Å². The Bertz CT molecular complexity index is 589. The van der Waals surface area contributed by atoms with Crippen LogP contribution in [0, 0.1) is 5.92 Å². The summed E-state index contributed by atoms with van der Waals surface area (Å²) in [6.45, 7) is 5.65. The topological polar surface area (TPSA) is 66.4 Å². The average Bonchev–Trinajstić information content (AvgIpc) is 2.45. The summed E-state index contributed by atoms with van der Waals surface area (Å²) in [5, 5.41) is 12.3. The van der Waals surface area contributed by atoms with Gasteiger partial charge in [-0.25, -0.2) is 4.79 Å². The Morgan fingerprint density at radius 3 is 2.50 bits per heavy atom. The van der Waals surface area contributed by atoms with E-state index in [9.17, 15) is 14.7 Å². The number of carbonyl (C=O) groups is 2. The molecule has 1 heterocycles. The molecule has 2 atom stereocenters. The fraction of sp³-hybridized carbons (Fsp3) is 0.375. The average molecular weight is 273 g/mol. The van der Waals surface area contributed by atoms with Crippen molar-refractivity contribution in [1.82, 2.24) is 5.32 Å². The molecule has 1 aliphatic heterocycles. The van der Waals surface area contributed by atoms with Crippen LogP contribution in [0.15, 0.2) is 29.8 Å². The van der Waals surface area contributed by atoms with Gasteiger partial charge in [-0.05, 0) is 30.0 Å². The van der Waals surface area contributed by atoms with E-state index in [2.05, 4.69) is 5.32 Å². The lowest BCUT2D eigenvalue weighted by Gasteiger charge is -2.33. The van der Waals surface area contributed by atoms with Crippen LogP contribution in [0.5, 0.6) is 0 Å². The van der Waals surface area contributed by atoms with Crippen LogP contribution in [-0.4, -0.2) is 23.0 Å². The Labute approximate surface area is 118 Å². The number of carboxylic acid groups (broad SMARTS) is 1. The number of carbonyl (C=O) groups excluding carboxylic acids is 1. The lowest BCUT2D eigenvalue weighted by atomic mass is 9.80. The maximum absolute atomic E-state index is 12.2. The molecule has 4 heteroatoms. The molecule has 0 bridgehead atoms. The third-order valence-electron chi connectivity index (χ3n) is 4.00. The van der Waals surface area contributed by atoms with Gasteiger partial charge in [-0.3, -0.25) is 4.79 Å². The van der Waals surface area contributed by atoms with Crippen LogP contribution >= 0.6 is 0 Å². The zero-order valence-corrected chi connectivity index (χ0v) is 11.9. The molecule has 2 rings (SSSR count). The number of aliphatic carboxylic acids is 1. The highest BCUT2D eigenvalue weighted by molar-refractivity contribution is 6.07. The highest BCUT2D eigenvalue weighted by atomic mass is 16.4. The lowest BCUT2D eigenvalue weighted by molar-refractivity contribution is -0.132. The van der Waals surface area contributed by atoms with E-state index in [0.717, 1.165) is 17.6 Å². The van der Waals surface area contributed by atoms with Gasteiger partial charge in [0.05, 0.1) is 6.04 Å². The molecular formula is C16H19NO3. The molecule has 1 aliphatic rings. The molecule has 0 aromatic heterocycles. The molecule has 0 aliphatic carbocycles. The predicted octanol–water partition coefficient (Wildman–Crippen LogP) is 2.70. The number of benzene rings is 1. The van der Waals surface area contributed by atoms with Crippen molar-refractivity contribution in [2.45, 2.75) is 33.2 Å². The number of rotatable bonds is 3. The Kier molecular flexibility index (Phi) is 3.93. The van der Waals surface area contributed by atoms with Gasteiger partial charge in [-0.2, -0.15) is 0 Å². The van der Waals surface area contributed by atoms with Crippen molar-refractivity contribution in [1.29, 1.82) is 0 Å². The van der Waals surface area contributed by atoms with E-state index in [4.69, 9.17) is 0 Å². The third kappa shape index (κ3) is 2.33. The first-order valence-corrected chi connectivity index (χ1v) is 6.81. The number of fused-ring (bicyclic) bond motifs is 1. The SMILES string of the molecule is CCC(C)C1NC(=O)c2ccccc2/C1=C(\C)C(=O)O. The smallest absolute Gasteiger partial charge is 0.331 e. The van der Waals surface area contributed by atoms with Gasteiger partial charge in [-0.15, -0.1) is 0 Å². The van der Waals surface area contributed by atoms with Crippen LogP contribution in [0.3, 0.4) is 0 Å². The van der Waals surface area contributed by atoms with E-state index in [-0.39, 0.29) is 17.9 Å². The fourth-order valence-electron chi connectivity index (χ4n) is 2.59. The van der Waals surface area contributed by atoms with Crippen LogP contribution in [-0.2, 0) is 4.79 Å². The minimum Gasteiger partial charge on any atom is -0.478 e. The molecule has 0 radical (unpaired) electrons. The second kappa shape index (κ2) is 5.49.